The Labute approximate surface area is 102 Å². The number of carbonyl (C=O) groups is 2. The molecule has 1 amide bonds. The molecule has 3 N–H and O–H groups in total. The summed E-state index contributed by atoms with van der Waals surface area (Å²) in [5, 5.41) is 23.8. The zero-order chi connectivity index (χ0) is 13.1. The molecule has 0 saturated heterocycles. The second-order valence-electron chi connectivity index (χ2n) is 3.64. The van der Waals surface area contributed by atoms with Gasteiger partial charge in [0.05, 0.1) is 23.9 Å². The highest BCUT2D eigenvalue weighted by atomic mass is 16.4. The summed E-state index contributed by atoms with van der Waals surface area (Å²) in [6.45, 7) is -0.666. The summed E-state index contributed by atoms with van der Waals surface area (Å²) in [5.41, 5.74) is 0.826. The number of carboxylic acids is 1. The predicted molar refractivity (Wildman–Crippen MR) is 61.2 cm³/mol. The van der Waals surface area contributed by atoms with Crippen LogP contribution in [-0.2, 0) is 4.79 Å². The van der Waals surface area contributed by atoms with Crippen molar-refractivity contribution in [3.63, 3.8) is 0 Å². The summed E-state index contributed by atoms with van der Waals surface area (Å²) >= 11 is 0. The zero-order valence-corrected chi connectivity index (χ0v) is 9.28. The maximum Gasteiger partial charge on any atom is 0.328 e. The van der Waals surface area contributed by atoms with Crippen molar-refractivity contribution in [2.75, 3.05) is 6.61 Å². The lowest BCUT2D eigenvalue weighted by Crippen LogP contribution is -2.43. The standard InChI is InChI=1S/C11H11N3O4/c15-6-8(11(17)18)13-10(16)7-5-12-14-4-2-1-3-9(7)14/h1-5,8,15H,6H2,(H,13,16)(H,17,18)/t8-/m1/s1. The van der Waals surface area contributed by atoms with E-state index in [1.807, 2.05) is 0 Å². The number of aromatic nitrogens is 2. The number of pyridine rings is 1. The number of hydrogen-bond acceptors (Lipinski definition) is 4. The van der Waals surface area contributed by atoms with Gasteiger partial charge in [0.1, 0.15) is 0 Å². The lowest BCUT2D eigenvalue weighted by molar-refractivity contribution is -0.140. The van der Waals surface area contributed by atoms with E-state index >= 15 is 0 Å². The molecule has 0 unspecified atom stereocenters. The van der Waals surface area contributed by atoms with Crippen LogP contribution in [0.5, 0.6) is 0 Å². The summed E-state index contributed by atoms with van der Waals surface area (Å²) < 4.78 is 1.50. The number of rotatable bonds is 4. The molecular formula is C11H11N3O4. The van der Waals surface area contributed by atoms with Gasteiger partial charge in [0.15, 0.2) is 6.04 Å². The number of fused-ring (bicyclic) bond motifs is 1. The first-order chi connectivity index (χ1) is 8.63. The first-order valence-corrected chi connectivity index (χ1v) is 5.20. The number of aliphatic carboxylic acids is 1. The largest absolute Gasteiger partial charge is 0.480 e. The second-order valence-corrected chi connectivity index (χ2v) is 3.64. The number of hydrogen-bond donors (Lipinski definition) is 3. The number of carboxylic acid groups (broad SMARTS) is 1. The molecule has 94 valence electrons. The number of aliphatic hydroxyl groups excluding tert-OH is 1. The molecule has 0 aliphatic carbocycles. The molecule has 0 fully saturated rings. The molecule has 0 saturated carbocycles. The Kier molecular flexibility index (Phi) is 3.24. The minimum atomic E-state index is -1.32. The van der Waals surface area contributed by atoms with Crippen LogP contribution < -0.4 is 5.32 Å². The third-order valence-corrected chi connectivity index (χ3v) is 2.46. The van der Waals surface area contributed by atoms with Gasteiger partial charge in [-0.05, 0) is 12.1 Å². The zero-order valence-electron chi connectivity index (χ0n) is 9.28. The van der Waals surface area contributed by atoms with Crippen molar-refractivity contribution in [2.45, 2.75) is 6.04 Å². The maximum atomic E-state index is 11.9. The monoisotopic (exact) mass is 249 g/mol. The highest BCUT2D eigenvalue weighted by molar-refractivity contribution is 6.02. The molecule has 2 rings (SSSR count). The molecule has 7 nitrogen and oxygen atoms in total. The number of nitrogens with one attached hydrogen (secondary N) is 1. The van der Waals surface area contributed by atoms with E-state index in [1.165, 1.54) is 10.7 Å². The summed E-state index contributed by atoms with van der Waals surface area (Å²) in [7, 11) is 0. The Bertz CT molecular complexity index is 593. The van der Waals surface area contributed by atoms with E-state index in [4.69, 9.17) is 10.2 Å². The van der Waals surface area contributed by atoms with Crippen LogP contribution in [0.15, 0.2) is 30.6 Å². The van der Waals surface area contributed by atoms with Crippen molar-refractivity contribution in [2.24, 2.45) is 0 Å². The van der Waals surface area contributed by atoms with Crippen LogP contribution in [0.1, 0.15) is 10.4 Å². The van der Waals surface area contributed by atoms with Crippen LogP contribution in [0, 0.1) is 0 Å². The minimum Gasteiger partial charge on any atom is -0.480 e. The van der Waals surface area contributed by atoms with Crippen molar-refractivity contribution in [1.82, 2.24) is 14.9 Å². The Morgan fingerprint density at radius 1 is 1.44 bits per heavy atom. The highest BCUT2D eigenvalue weighted by Gasteiger charge is 2.21. The van der Waals surface area contributed by atoms with E-state index in [-0.39, 0.29) is 5.56 Å². The predicted octanol–water partition coefficient (Wildman–Crippen LogP) is -0.490. The van der Waals surface area contributed by atoms with Crippen molar-refractivity contribution in [3.8, 4) is 0 Å². The minimum absolute atomic E-state index is 0.260. The van der Waals surface area contributed by atoms with Gasteiger partial charge in [0.2, 0.25) is 0 Å². The van der Waals surface area contributed by atoms with E-state index in [9.17, 15) is 9.59 Å². The smallest absolute Gasteiger partial charge is 0.328 e. The molecular weight excluding hydrogens is 238 g/mol. The normalized spacial score (nSPS) is 12.3. The van der Waals surface area contributed by atoms with Crippen LogP contribution in [0.2, 0.25) is 0 Å². The van der Waals surface area contributed by atoms with Gasteiger partial charge < -0.3 is 15.5 Å². The van der Waals surface area contributed by atoms with Gasteiger partial charge in [-0.1, -0.05) is 6.07 Å². The van der Waals surface area contributed by atoms with Crippen LogP contribution in [0.4, 0.5) is 0 Å². The average Bonchev–Trinajstić information content (AvgIpc) is 2.79. The fourth-order valence-electron chi connectivity index (χ4n) is 1.53. The quantitative estimate of drug-likeness (QED) is 0.678. The Hall–Kier alpha value is -2.41. The molecule has 2 aromatic rings. The van der Waals surface area contributed by atoms with Crippen LogP contribution >= 0.6 is 0 Å². The summed E-state index contributed by atoms with van der Waals surface area (Å²) in [6, 6.07) is 3.87. The van der Waals surface area contributed by atoms with E-state index in [0.29, 0.717) is 5.52 Å². The van der Waals surface area contributed by atoms with E-state index in [2.05, 4.69) is 10.4 Å². The Balaban J connectivity index is 2.26. The summed E-state index contributed by atoms with van der Waals surface area (Å²) in [5.74, 6) is -1.88. The number of amides is 1. The number of carbonyl (C=O) groups excluding carboxylic acids is 1. The summed E-state index contributed by atoms with van der Waals surface area (Å²) in [4.78, 5) is 22.6. The first kappa shape index (κ1) is 12.1. The van der Waals surface area contributed by atoms with Crippen LogP contribution in [-0.4, -0.2) is 44.4 Å². The summed E-state index contributed by atoms with van der Waals surface area (Å²) in [6.07, 6.45) is 3.02. The van der Waals surface area contributed by atoms with Gasteiger partial charge in [0.25, 0.3) is 5.91 Å². The number of nitrogens with zero attached hydrogens (tertiary/aromatic N) is 2. The first-order valence-electron chi connectivity index (χ1n) is 5.20. The molecule has 7 heteroatoms. The van der Waals surface area contributed by atoms with Gasteiger partial charge in [0, 0.05) is 6.20 Å². The highest BCUT2D eigenvalue weighted by Crippen LogP contribution is 2.09. The Morgan fingerprint density at radius 3 is 2.89 bits per heavy atom. The maximum absolute atomic E-state index is 11.9. The molecule has 2 aromatic heterocycles. The molecule has 0 radical (unpaired) electrons. The van der Waals surface area contributed by atoms with Gasteiger partial charge in [-0.25, -0.2) is 9.31 Å². The molecule has 0 spiro atoms. The SMILES string of the molecule is O=C(N[C@H](CO)C(=O)O)c1cnn2ccccc12. The number of aliphatic hydroxyl groups is 1. The van der Waals surface area contributed by atoms with E-state index in [1.54, 1.807) is 24.4 Å². The van der Waals surface area contributed by atoms with Gasteiger partial charge >= 0.3 is 5.97 Å². The van der Waals surface area contributed by atoms with Crippen molar-refractivity contribution >= 4 is 17.4 Å². The fourth-order valence-corrected chi connectivity index (χ4v) is 1.53. The third-order valence-electron chi connectivity index (χ3n) is 2.46. The van der Waals surface area contributed by atoms with Crippen molar-refractivity contribution in [3.05, 3.63) is 36.2 Å². The molecule has 2 heterocycles. The van der Waals surface area contributed by atoms with Gasteiger partial charge in [-0.15, -0.1) is 0 Å². The van der Waals surface area contributed by atoms with Gasteiger partial charge in [-0.2, -0.15) is 5.10 Å². The van der Waals surface area contributed by atoms with Crippen LogP contribution in [0.25, 0.3) is 5.52 Å². The molecule has 0 aliphatic rings. The second kappa shape index (κ2) is 4.84. The molecule has 1 atom stereocenters. The van der Waals surface area contributed by atoms with Gasteiger partial charge in [-0.3, -0.25) is 4.79 Å². The molecule has 0 aliphatic heterocycles. The van der Waals surface area contributed by atoms with E-state index < -0.39 is 24.5 Å². The fraction of sp³-hybridized carbons (Fsp3) is 0.182. The molecule has 0 bridgehead atoms. The van der Waals surface area contributed by atoms with Crippen LogP contribution in [0.3, 0.4) is 0 Å². The lowest BCUT2D eigenvalue weighted by Gasteiger charge is -2.10. The molecule has 18 heavy (non-hydrogen) atoms. The Morgan fingerprint density at radius 2 is 2.22 bits per heavy atom. The van der Waals surface area contributed by atoms with E-state index in [0.717, 1.165) is 0 Å². The third kappa shape index (κ3) is 2.16. The average molecular weight is 249 g/mol. The molecule has 0 aromatic carbocycles. The topological polar surface area (TPSA) is 104 Å². The lowest BCUT2D eigenvalue weighted by atomic mass is 10.2. The van der Waals surface area contributed by atoms with Crippen molar-refractivity contribution in [1.29, 1.82) is 0 Å². The van der Waals surface area contributed by atoms with Crippen molar-refractivity contribution < 1.29 is 19.8 Å².